The molecule has 1 aromatic heterocycles. The number of rotatable bonds is 6. The minimum absolute atomic E-state index is 0.0596. The van der Waals surface area contributed by atoms with Gasteiger partial charge in [0, 0.05) is 12.6 Å². The van der Waals surface area contributed by atoms with Crippen LogP contribution in [0.4, 0.5) is 11.5 Å². The first-order chi connectivity index (χ1) is 10.4. The SMILES string of the molecule is COC(=O)C(C)CN(c1nc(Cl)ncc1[N+](=O)[O-])C1CCC1. The van der Waals surface area contributed by atoms with Crippen LogP contribution >= 0.6 is 11.6 Å². The van der Waals surface area contributed by atoms with Gasteiger partial charge in [0.05, 0.1) is 18.0 Å². The van der Waals surface area contributed by atoms with Crippen molar-refractivity contribution in [2.24, 2.45) is 5.92 Å². The minimum Gasteiger partial charge on any atom is -0.469 e. The first-order valence-electron chi connectivity index (χ1n) is 6.95. The molecule has 0 amide bonds. The summed E-state index contributed by atoms with van der Waals surface area (Å²) in [7, 11) is 1.32. The molecule has 1 fully saturated rings. The van der Waals surface area contributed by atoms with E-state index in [1.807, 2.05) is 0 Å². The Labute approximate surface area is 132 Å². The summed E-state index contributed by atoms with van der Waals surface area (Å²) >= 11 is 5.79. The van der Waals surface area contributed by atoms with Crippen LogP contribution < -0.4 is 4.90 Å². The van der Waals surface area contributed by atoms with Gasteiger partial charge in [0.15, 0.2) is 0 Å². The van der Waals surface area contributed by atoms with Gasteiger partial charge in [-0.3, -0.25) is 14.9 Å². The average molecular weight is 329 g/mol. The highest BCUT2D eigenvalue weighted by Gasteiger charge is 2.33. The summed E-state index contributed by atoms with van der Waals surface area (Å²) in [5, 5.41) is 11.1. The summed E-state index contributed by atoms with van der Waals surface area (Å²) in [6.07, 6.45) is 3.93. The van der Waals surface area contributed by atoms with Gasteiger partial charge in [0.1, 0.15) is 6.20 Å². The quantitative estimate of drug-likeness (QED) is 0.341. The van der Waals surface area contributed by atoms with Gasteiger partial charge in [-0.15, -0.1) is 0 Å². The molecular formula is C13H17ClN4O4. The monoisotopic (exact) mass is 328 g/mol. The van der Waals surface area contributed by atoms with Crippen molar-refractivity contribution in [3.8, 4) is 0 Å². The zero-order valence-electron chi connectivity index (χ0n) is 12.4. The highest BCUT2D eigenvalue weighted by Crippen LogP contribution is 2.34. The second-order valence-electron chi connectivity index (χ2n) is 5.27. The molecule has 1 saturated carbocycles. The molecule has 0 bridgehead atoms. The first-order valence-corrected chi connectivity index (χ1v) is 7.33. The lowest BCUT2D eigenvalue weighted by Gasteiger charge is -2.38. The Morgan fingerprint density at radius 2 is 2.32 bits per heavy atom. The lowest BCUT2D eigenvalue weighted by Crippen LogP contribution is -2.44. The molecular weight excluding hydrogens is 312 g/mol. The van der Waals surface area contributed by atoms with Crippen molar-refractivity contribution < 1.29 is 14.5 Å². The Bertz CT molecular complexity index is 579. The molecule has 0 aliphatic heterocycles. The largest absolute Gasteiger partial charge is 0.469 e. The van der Waals surface area contributed by atoms with E-state index in [0.717, 1.165) is 25.5 Å². The van der Waals surface area contributed by atoms with Gasteiger partial charge < -0.3 is 9.64 Å². The highest BCUT2D eigenvalue weighted by atomic mass is 35.5. The van der Waals surface area contributed by atoms with Crippen LogP contribution in [0.3, 0.4) is 0 Å². The fraction of sp³-hybridized carbons (Fsp3) is 0.615. The molecule has 0 saturated heterocycles. The number of ether oxygens (including phenoxy) is 1. The van der Waals surface area contributed by atoms with Crippen molar-refractivity contribution in [1.29, 1.82) is 0 Å². The van der Waals surface area contributed by atoms with E-state index in [2.05, 4.69) is 9.97 Å². The van der Waals surface area contributed by atoms with E-state index >= 15 is 0 Å². The van der Waals surface area contributed by atoms with Crippen LogP contribution in [0.5, 0.6) is 0 Å². The van der Waals surface area contributed by atoms with Crippen LogP contribution in [0.1, 0.15) is 26.2 Å². The van der Waals surface area contributed by atoms with Gasteiger partial charge in [-0.2, -0.15) is 4.98 Å². The lowest BCUT2D eigenvalue weighted by molar-refractivity contribution is -0.384. The van der Waals surface area contributed by atoms with E-state index in [1.54, 1.807) is 11.8 Å². The number of carbonyl (C=O) groups is 1. The Balaban J connectivity index is 2.35. The zero-order chi connectivity index (χ0) is 16.3. The molecule has 1 atom stereocenters. The van der Waals surface area contributed by atoms with Gasteiger partial charge in [-0.05, 0) is 30.9 Å². The molecule has 8 nitrogen and oxygen atoms in total. The highest BCUT2D eigenvalue weighted by molar-refractivity contribution is 6.28. The van der Waals surface area contributed by atoms with Crippen molar-refractivity contribution in [3.63, 3.8) is 0 Å². The maximum Gasteiger partial charge on any atom is 0.329 e. The van der Waals surface area contributed by atoms with Gasteiger partial charge in [-0.25, -0.2) is 4.98 Å². The molecule has 1 aromatic rings. The Morgan fingerprint density at radius 1 is 1.64 bits per heavy atom. The first kappa shape index (κ1) is 16.4. The number of esters is 1. The molecule has 1 aliphatic carbocycles. The lowest BCUT2D eigenvalue weighted by atomic mass is 9.90. The molecule has 120 valence electrons. The van der Waals surface area contributed by atoms with E-state index in [9.17, 15) is 14.9 Å². The summed E-state index contributed by atoms with van der Waals surface area (Å²) in [6, 6.07) is 0.108. The summed E-state index contributed by atoms with van der Waals surface area (Å²) in [6.45, 7) is 2.00. The Kier molecular flexibility index (Phi) is 5.12. The number of carbonyl (C=O) groups excluding carboxylic acids is 1. The number of aromatic nitrogens is 2. The van der Waals surface area contributed by atoms with Gasteiger partial charge >= 0.3 is 11.7 Å². The van der Waals surface area contributed by atoms with Crippen molar-refractivity contribution in [3.05, 3.63) is 21.6 Å². The number of hydrogen-bond acceptors (Lipinski definition) is 7. The standard InChI is InChI=1S/C13H17ClN4O4/c1-8(12(19)22-2)7-17(9-4-3-5-9)11-10(18(20)21)6-15-13(14)16-11/h6,8-9H,3-5,7H2,1-2H3. The third-order valence-corrected chi connectivity index (χ3v) is 3.96. The molecule has 0 radical (unpaired) electrons. The molecule has 0 N–H and O–H groups in total. The molecule has 1 heterocycles. The Morgan fingerprint density at radius 3 is 2.82 bits per heavy atom. The summed E-state index contributed by atoms with van der Waals surface area (Å²) < 4.78 is 4.72. The second kappa shape index (κ2) is 6.87. The summed E-state index contributed by atoms with van der Waals surface area (Å²) in [5.74, 6) is -0.642. The molecule has 1 aliphatic rings. The third kappa shape index (κ3) is 3.44. The van der Waals surface area contributed by atoms with E-state index in [0.29, 0.717) is 0 Å². The van der Waals surface area contributed by atoms with Crippen molar-refractivity contribution in [1.82, 2.24) is 9.97 Å². The minimum atomic E-state index is -0.542. The van der Waals surface area contributed by atoms with Crippen LogP contribution in [0, 0.1) is 16.0 Å². The number of methoxy groups -OCH3 is 1. The molecule has 2 rings (SSSR count). The van der Waals surface area contributed by atoms with E-state index in [1.165, 1.54) is 7.11 Å². The van der Waals surface area contributed by atoms with Crippen molar-refractivity contribution in [2.75, 3.05) is 18.6 Å². The Hall–Kier alpha value is -1.96. The molecule has 22 heavy (non-hydrogen) atoms. The van der Waals surface area contributed by atoms with E-state index in [-0.39, 0.29) is 35.3 Å². The molecule has 0 aromatic carbocycles. The third-order valence-electron chi connectivity index (χ3n) is 3.78. The number of halogens is 1. The van der Waals surface area contributed by atoms with Crippen molar-refractivity contribution in [2.45, 2.75) is 32.2 Å². The van der Waals surface area contributed by atoms with E-state index in [4.69, 9.17) is 16.3 Å². The number of nitro groups is 1. The average Bonchev–Trinajstić information content (AvgIpc) is 2.43. The fourth-order valence-corrected chi connectivity index (χ4v) is 2.49. The van der Waals surface area contributed by atoms with Crippen LogP contribution in [-0.4, -0.2) is 40.6 Å². The van der Waals surface area contributed by atoms with E-state index < -0.39 is 10.8 Å². The van der Waals surface area contributed by atoms with Crippen molar-refractivity contribution >= 4 is 29.1 Å². The van der Waals surface area contributed by atoms with Crippen LogP contribution in [-0.2, 0) is 9.53 Å². The maximum atomic E-state index is 11.7. The van der Waals surface area contributed by atoms with Gasteiger partial charge in [-0.1, -0.05) is 6.92 Å². The fourth-order valence-electron chi connectivity index (χ4n) is 2.36. The smallest absolute Gasteiger partial charge is 0.329 e. The molecule has 1 unspecified atom stereocenters. The number of hydrogen-bond donors (Lipinski definition) is 0. The molecule has 9 heteroatoms. The summed E-state index contributed by atoms with van der Waals surface area (Å²) in [4.78, 5) is 31.8. The predicted octanol–water partition coefficient (Wildman–Crippen LogP) is 2.21. The number of anilines is 1. The van der Waals surface area contributed by atoms with Crippen LogP contribution in [0.15, 0.2) is 6.20 Å². The number of nitrogens with zero attached hydrogens (tertiary/aromatic N) is 4. The topological polar surface area (TPSA) is 98.5 Å². The van der Waals surface area contributed by atoms with Crippen LogP contribution in [0.25, 0.3) is 0 Å². The van der Waals surface area contributed by atoms with Gasteiger partial charge in [0.2, 0.25) is 11.1 Å². The molecule has 0 spiro atoms. The zero-order valence-corrected chi connectivity index (χ0v) is 13.1. The van der Waals surface area contributed by atoms with Gasteiger partial charge in [0.25, 0.3) is 0 Å². The van der Waals surface area contributed by atoms with Crippen LogP contribution in [0.2, 0.25) is 5.28 Å². The maximum absolute atomic E-state index is 11.7. The normalized spacial score (nSPS) is 15.8. The summed E-state index contributed by atoms with van der Waals surface area (Å²) in [5.41, 5.74) is -0.214. The second-order valence-corrected chi connectivity index (χ2v) is 5.60. The predicted molar refractivity (Wildman–Crippen MR) is 79.9 cm³/mol.